The molecule has 0 fully saturated rings. The van der Waals surface area contributed by atoms with Crippen molar-refractivity contribution < 1.29 is 34.5 Å². The highest BCUT2D eigenvalue weighted by atomic mass is 16.4. The van der Waals surface area contributed by atoms with Gasteiger partial charge in [0, 0.05) is 19.9 Å². The largest absolute Gasteiger partial charge is 0.481 e. The highest BCUT2D eigenvalue weighted by molar-refractivity contribution is 5.87. The topological polar surface area (TPSA) is 141 Å². The summed E-state index contributed by atoms with van der Waals surface area (Å²) in [6.45, 7) is 4.01. The number of benzene rings is 1. The predicted molar refractivity (Wildman–Crippen MR) is 138 cm³/mol. The minimum atomic E-state index is -0.916. The van der Waals surface area contributed by atoms with E-state index in [4.69, 9.17) is 20.1 Å². The van der Waals surface area contributed by atoms with E-state index < -0.39 is 17.9 Å². The zero-order chi connectivity index (χ0) is 26.7. The van der Waals surface area contributed by atoms with E-state index in [1.807, 2.05) is 0 Å². The van der Waals surface area contributed by atoms with Crippen molar-refractivity contribution in [3.05, 3.63) is 35.9 Å². The second kappa shape index (κ2) is 25.7. The van der Waals surface area contributed by atoms with Gasteiger partial charge in [-0.1, -0.05) is 95.8 Å². The van der Waals surface area contributed by atoms with Crippen LogP contribution >= 0.6 is 0 Å². The van der Waals surface area contributed by atoms with Gasteiger partial charge < -0.3 is 20.6 Å². The molecule has 0 aromatic heterocycles. The molecule has 0 aliphatic rings. The van der Waals surface area contributed by atoms with Crippen molar-refractivity contribution in [3.8, 4) is 0 Å². The van der Waals surface area contributed by atoms with Crippen LogP contribution < -0.4 is 5.32 Å². The van der Waals surface area contributed by atoms with E-state index in [2.05, 4.69) is 12.2 Å². The first-order valence-electron chi connectivity index (χ1n) is 12.7. The van der Waals surface area contributed by atoms with Crippen molar-refractivity contribution in [1.82, 2.24) is 5.32 Å². The number of hydrogen-bond donors (Lipinski definition) is 4. The molecule has 200 valence electrons. The van der Waals surface area contributed by atoms with Gasteiger partial charge in [-0.2, -0.15) is 0 Å². The molecule has 0 aliphatic heterocycles. The molecule has 4 N–H and O–H groups in total. The fourth-order valence-corrected chi connectivity index (χ4v) is 3.08. The van der Waals surface area contributed by atoms with Gasteiger partial charge in [0.1, 0.15) is 0 Å². The van der Waals surface area contributed by atoms with Gasteiger partial charge in [-0.05, 0) is 18.6 Å². The van der Waals surface area contributed by atoms with E-state index in [1.54, 1.807) is 30.3 Å². The van der Waals surface area contributed by atoms with Gasteiger partial charge in [-0.3, -0.25) is 14.4 Å². The first-order valence-corrected chi connectivity index (χ1v) is 12.7. The number of carboxylic acid groups (broad SMARTS) is 3. The Morgan fingerprint density at radius 2 is 1.11 bits per heavy atom. The summed E-state index contributed by atoms with van der Waals surface area (Å²) < 4.78 is 0. The number of aromatic carboxylic acids is 1. The summed E-state index contributed by atoms with van der Waals surface area (Å²) in [5, 5.41) is 27.0. The Labute approximate surface area is 210 Å². The maximum Gasteiger partial charge on any atom is 0.335 e. The fraction of sp³-hybridized carbons (Fsp3) is 0.630. The molecule has 35 heavy (non-hydrogen) atoms. The van der Waals surface area contributed by atoms with Crippen LogP contribution in [0.25, 0.3) is 0 Å². The Bertz CT molecular complexity index is 673. The first-order chi connectivity index (χ1) is 16.7. The predicted octanol–water partition coefficient (Wildman–Crippen LogP) is 6.14. The van der Waals surface area contributed by atoms with Gasteiger partial charge in [-0.25, -0.2) is 4.79 Å². The third-order valence-electron chi connectivity index (χ3n) is 4.94. The van der Waals surface area contributed by atoms with Crippen LogP contribution in [-0.2, 0) is 14.4 Å². The minimum Gasteiger partial charge on any atom is -0.481 e. The quantitative estimate of drug-likeness (QED) is 0.190. The molecule has 0 atom stereocenters. The van der Waals surface area contributed by atoms with Crippen molar-refractivity contribution >= 4 is 23.8 Å². The number of unbranched alkanes of at least 4 members (excludes halogenated alkanes) is 11. The summed E-state index contributed by atoms with van der Waals surface area (Å²) in [5.74, 6) is -2.78. The van der Waals surface area contributed by atoms with Crippen molar-refractivity contribution in [2.45, 2.75) is 104 Å². The lowest BCUT2D eigenvalue weighted by atomic mass is 10.1. The van der Waals surface area contributed by atoms with E-state index in [9.17, 15) is 14.4 Å². The van der Waals surface area contributed by atoms with Gasteiger partial charge in [0.2, 0.25) is 5.91 Å². The summed E-state index contributed by atoms with van der Waals surface area (Å²) in [7, 11) is 0. The number of carbonyl (C=O) groups excluding carboxylic acids is 1. The zero-order valence-electron chi connectivity index (χ0n) is 21.5. The Hall–Kier alpha value is -2.90. The maximum atomic E-state index is 11.3. The number of carbonyl (C=O) groups is 4. The zero-order valence-corrected chi connectivity index (χ0v) is 21.5. The Balaban J connectivity index is 0. The molecule has 0 aliphatic carbocycles. The van der Waals surface area contributed by atoms with E-state index in [-0.39, 0.29) is 18.7 Å². The van der Waals surface area contributed by atoms with Gasteiger partial charge in [0.25, 0.3) is 5.97 Å². The SMILES string of the molecule is CC(=O)O.CCCCCCCCCCCCCCNC(=O)CCC(=O)O.O=C(O)c1ccccc1. The van der Waals surface area contributed by atoms with Crippen LogP contribution in [0.4, 0.5) is 0 Å². The monoisotopic (exact) mass is 495 g/mol. The molecule has 0 saturated carbocycles. The van der Waals surface area contributed by atoms with Crippen LogP contribution in [0.15, 0.2) is 30.3 Å². The van der Waals surface area contributed by atoms with Crippen molar-refractivity contribution in [1.29, 1.82) is 0 Å². The number of carboxylic acids is 3. The van der Waals surface area contributed by atoms with Crippen molar-refractivity contribution in [2.75, 3.05) is 6.54 Å². The van der Waals surface area contributed by atoms with Crippen LogP contribution in [0, 0.1) is 0 Å². The Morgan fingerprint density at radius 3 is 1.49 bits per heavy atom. The molecule has 0 heterocycles. The molecular weight excluding hydrogens is 450 g/mol. The van der Waals surface area contributed by atoms with E-state index >= 15 is 0 Å². The van der Waals surface area contributed by atoms with Gasteiger partial charge in [0.15, 0.2) is 0 Å². The summed E-state index contributed by atoms with van der Waals surface area (Å²) in [6.07, 6.45) is 15.6. The smallest absolute Gasteiger partial charge is 0.335 e. The standard InChI is InChI=1S/C18H35NO3.C7H6O2.C2H4O2/c1-2-3-4-5-6-7-8-9-10-11-12-13-16-19-17(20)14-15-18(21)22;8-7(9)6-4-2-1-3-5-6;1-2(3)4/h2-16H2,1H3,(H,19,20)(H,21,22);1-5H,(H,8,9);1H3,(H,3,4). The van der Waals surface area contributed by atoms with Crippen LogP contribution in [-0.4, -0.2) is 45.7 Å². The van der Waals surface area contributed by atoms with E-state index in [0.717, 1.165) is 19.8 Å². The molecule has 8 nitrogen and oxygen atoms in total. The van der Waals surface area contributed by atoms with E-state index in [1.165, 1.54) is 64.2 Å². The van der Waals surface area contributed by atoms with Crippen LogP contribution in [0.3, 0.4) is 0 Å². The molecule has 0 radical (unpaired) electrons. The first kappa shape index (κ1) is 34.3. The summed E-state index contributed by atoms with van der Waals surface area (Å²) >= 11 is 0. The lowest BCUT2D eigenvalue weighted by Gasteiger charge is -2.05. The highest BCUT2D eigenvalue weighted by Crippen LogP contribution is 2.11. The van der Waals surface area contributed by atoms with Crippen molar-refractivity contribution in [3.63, 3.8) is 0 Å². The van der Waals surface area contributed by atoms with E-state index in [0.29, 0.717) is 12.1 Å². The van der Waals surface area contributed by atoms with Crippen LogP contribution in [0.2, 0.25) is 0 Å². The number of rotatable bonds is 17. The second-order valence-electron chi connectivity index (χ2n) is 8.32. The molecule has 0 unspecified atom stereocenters. The maximum absolute atomic E-state index is 11.3. The molecule has 0 spiro atoms. The lowest BCUT2D eigenvalue weighted by Crippen LogP contribution is -2.24. The molecule has 1 rings (SSSR count). The lowest BCUT2D eigenvalue weighted by molar-refractivity contribution is -0.138. The van der Waals surface area contributed by atoms with Crippen LogP contribution in [0.1, 0.15) is 114 Å². The number of hydrogen-bond acceptors (Lipinski definition) is 4. The van der Waals surface area contributed by atoms with Gasteiger partial charge >= 0.3 is 11.9 Å². The summed E-state index contributed by atoms with van der Waals surface area (Å²) in [4.78, 5) is 40.8. The second-order valence-corrected chi connectivity index (χ2v) is 8.32. The molecule has 0 saturated heterocycles. The number of aliphatic carboxylic acids is 2. The summed E-state index contributed by atoms with van der Waals surface area (Å²) in [6, 6.07) is 8.30. The normalized spacial score (nSPS) is 9.66. The Morgan fingerprint density at radius 1 is 0.686 bits per heavy atom. The van der Waals surface area contributed by atoms with Gasteiger partial charge in [-0.15, -0.1) is 0 Å². The molecule has 8 heteroatoms. The third-order valence-corrected chi connectivity index (χ3v) is 4.94. The minimum absolute atomic E-state index is 0.0791. The number of nitrogens with one attached hydrogen (secondary N) is 1. The fourth-order valence-electron chi connectivity index (χ4n) is 3.08. The average molecular weight is 496 g/mol. The highest BCUT2D eigenvalue weighted by Gasteiger charge is 2.04. The molecule has 0 bridgehead atoms. The molecule has 1 aromatic carbocycles. The third kappa shape index (κ3) is 31.1. The van der Waals surface area contributed by atoms with Gasteiger partial charge in [0.05, 0.1) is 12.0 Å². The average Bonchev–Trinajstić information content (AvgIpc) is 2.81. The molecular formula is C27H45NO7. The number of amides is 1. The molecule has 1 aromatic rings. The van der Waals surface area contributed by atoms with Crippen molar-refractivity contribution in [2.24, 2.45) is 0 Å². The van der Waals surface area contributed by atoms with Crippen LogP contribution in [0.5, 0.6) is 0 Å². The Kier molecular flexibility index (Phi) is 25.2. The molecule has 1 amide bonds. The summed E-state index contributed by atoms with van der Waals surface area (Å²) in [5.41, 5.74) is 0.331.